The van der Waals surface area contributed by atoms with Crippen molar-refractivity contribution in [3.63, 3.8) is 0 Å². The number of fused-ring (bicyclic) bond motifs is 1. The predicted octanol–water partition coefficient (Wildman–Crippen LogP) is 6.48. The largest absolute Gasteiger partial charge is 0.487 e. The topological polar surface area (TPSA) is 18.5 Å². The Kier molecular flexibility index (Phi) is 5.32. The Balaban J connectivity index is 2.44. The first-order valence-electron chi connectivity index (χ1n) is 9.06. The van der Waals surface area contributed by atoms with E-state index in [0.29, 0.717) is 16.6 Å². The van der Waals surface area contributed by atoms with E-state index in [2.05, 4.69) is 79.7 Å². The van der Waals surface area contributed by atoms with Crippen LogP contribution in [0.25, 0.3) is 0 Å². The Morgan fingerprint density at radius 2 is 1.52 bits per heavy atom. The first kappa shape index (κ1) is 18.5. The summed E-state index contributed by atoms with van der Waals surface area (Å²) in [6.45, 7) is 18.4. The molecule has 0 radical (unpaired) electrons. The average molecular weight is 335 g/mol. The molecular weight excluding hydrogens is 300 g/mol. The van der Waals surface area contributed by atoms with Gasteiger partial charge in [-0.2, -0.15) is 0 Å². The van der Waals surface area contributed by atoms with Crippen molar-refractivity contribution in [2.45, 2.75) is 90.1 Å². The minimum absolute atomic E-state index is 0.147. The molecule has 0 aliphatic carbocycles. The molecule has 0 bridgehead atoms. The summed E-state index contributed by atoms with van der Waals surface area (Å²) < 4.78 is 13.3. The van der Waals surface area contributed by atoms with E-state index in [1.807, 2.05) is 0 Å². The van der Waals surface area contributed by atoms with Crippen molar-refractivity contribution in [2.24, 2.45) is 0 Å². The molecule has 1 unspecified atom stereocenters. The second-order valence-electron chi connectivity index (χ2n) is 8.53. The number of hydrogen-bond donors (Lipinski definition) is 0. The molecule has 2 rings (SSSR count). The molecule has 130 valence electrons. The molecule has 0 amide bonds. The van der Waals surface area contributed by atoms with Gasteiger partial charge < -0.3 is 9.16 Å². The van der Waals surface area contributed by atoms with E-state index in [4.69, 9.17) is 9.16 Å². The van der Waals surface area contributed by atoms with Crippen LogP contribution in [0.4, 0.5) is 0 Å². The van der Waals surface area contributed by atoms with Gasteiger partial charge in [-0.3, -0.25) is 0 Å². The highest BCUT2D eigenvalue weighted by atomic mass is 28.4. The van der Waals surface area contributed by atoms with Gasteiger partial charge in [0.1, 0.15) is 11.4 Å². The van der Waals surface area contributed by atoms with Gasteiger partial charge in [0.15, 0.2) is 0 Å². The summed E-state index contributed by atoms with van der Waals surface area (Å²) in [6, 6.07) is 8.40. The van der Waals surface area contributed by atoms with E-state index < -0.39 is 8.32 Å². The lowest BCUT2D eigenvalue weighted by Crippen LogP contribution is -2.50. The summed E-state index contributed by atoms with van der Waals surface area (Å²) in [4.78, 5) is 0. The van der Waals surface area contributed by atoms with E-state index in [9.17, 15) is 0 Å². The molecule has 0 aromatic heterocycles. The third-order valence-electron chi connectivity index (χ3n) is 5.38. The second-order valence-corrected chi connectivity index (χ2v) is 13.9. The van der Waals surface area contributed by atoms with Crippen molar-refractivity contribution in [2.75, 3.05) is 0 Å². The standard InChI is InChI=1S/C20H34O2Si/c1-14(2)23(15(3)4,16(5)6)22-19-13-20(7,8)21-18-12-10-9-11-17(18)19/h9-12,14-16,19H,13H2,1-8H3. The second kappa shape index (κ2) is 6.60. The molecule has 2 nitrogen and oxygen atoms in total. The minimum Gasteiger partial charge on any atom is -0.487 e. The number of para-hydroxylation sites is 1. The maximum atomic E-state index is 7.08. The van der Waals surface area contributed by atoms with Crippen molar-refractivity contribution >= 4 is 8.32 Å². The highest BCUT2D eigenvalue weighted by Crippen LogP contribution is 2.49. The fourth-order valence-corrected chi connectivity index (χ4v) is 10.0. The van der Waals surface area contributed by atoms with Gasteiger partial charge in [0, 0.05) is 12.0 Å². The summed E-state index contributed by atoms with van der Waals surface area (Å²) in [7, 11) is -1.90. The van der Waals surface area contributed by atoms with Crippen molar-refractivity contribution in [3.05, 3.63) is 29.8 Å². The molecule has 0 spiro atoms. The van der Waals surface area contributed by atoms with Crippen LogP contribution in [0.2, 0.25) is 16.6 Å². The average Bonchev–Trinajstić information content (AvgIpc) is 2.42. The molecule has 1 heterocycles. The van der Waals surface area contributed by atoms with Crippen LogP contribution in [-0.4, -0.2) is 13.9 Å². The van der Waals surface area contributed by atoms with Crippen LogP contribution in [0.1, 0.15) is 73.5 Å². The minimum atomic E-state index is -1.90. The molecule has 1 atom stereocenters. The van der Waals surface area contributed by atoms with Crippen LogP contribution in [-0.2, 0) is 4.43 Å². The zero-order valence-corrected chi connectivity index (χ0v) is 17.1. The summed E-state index contributed by atoms with van der Waals surface area (Å²) in [6.07, 6.45) is 1.07. The van der Waals surface area contributed by atoms with E-state index >= 15 is 0 Å². The number of rotatable bonds is 5. The van der Waals surface area contributed by atoms with Gasteiger partial charge in [-0.1, -0.05) is 59.7 Å². The molecule has 1 aliphatic heterocycles. The molecule has 0 saturated carbocycles. The normalized spacial score (nSPS) is 20.7. The van der Waals surface area contributed by atoms with Crippen LogP contribution in [0.3, 0.4) is 0 Å². The van der Waals surface area contributed by atoms with Gasteiger partial charge in [-0.05, 0) is 36.5 Å². The van der Waals surface area contributed by atoms with E-state index in [1.54, 1.807) is 0 Å². The maximum Gasteiger partial charge on any atom is 0.201 e. The zero-order valence-electron chi connectivity index (χ0n) is 16.1. The lowest BCUT2D eigenvalue weighted by atomic mass is 9.92. The van der Waals surface area contributed by atoms with Gasteiger partial charge in [-0.15, -0.1) is 0 Å². The summed E-state index contributed by atoms with van der Waals surface area (Å²) >= 11 is 0. The van der Waals surface area contributed by atoms with Crippen LogP contribution < -0.4 is 4.74 Å². The molecule has 0 N–H and O–H groups in total. The Hall–Kier alpha value is -0.803. The first-order valence-corrected chi connectivity index (χ1v) is 11.2. The molecule has 0 saturated heterocycles. The smallest absolute Gasteiger partial charge is 0.201 e. The van der Waals surface area contributed by atoms with E-state index in [-0.39, 0.29) is 11.7 Å². The third kappa shape index (κ3) is 3.51. The van der Waals surface area contributed by atoms with Crippen molar-refractivity contribution in [1.29, 1.82) is 0 Å². The maximum absolute atomic E-state index is 7.08. The molecule has 1 aromatic rings. The van der Waals surface area contributed by atoms with Crippen LogP contribution >= 0.6 is 0 Å². The quantitative estimate of drug-likeness (QED) is 0.574. The van der Waals surface area contributed by atoms with Gasteiger partial charge in [0.25, 0.3) is 0 Å². The molecule has 1 aliphatic rings. The van der Waals surface area contributed by atoms with Crippen LogP contribution in [0.15, 0.2) is 24.3 Å². The highest BCUT2D eigenvalue weighted by Gasteiger charge is 2.48. The highest BCUT2D eigenvalue weighted by molar-refractivity contribution is 6.77. The fraction of sp³-hybridized carbons (Fsp3) is 0.700. The third-order valence-corrected chi connectivity index (χ3v) is 11.5. The molecule has 23 heavy (non-hydrogen) atoms. The van der Waals surface area contributed by atoms with Crippen molar-refractivity contribution in [1.82, 2.24) is 0 Å². The Morgan fingerprint density at radius 1 is 1.00 bits per heavy atom. The lowest BCUT2D eigenvalue weighted by molar-refractivity contribution is 0.0150. The molecule has 1 aromatic carbocycles. The van der Waals surface area contributed by atoms with Crippen molar-refractivity contribution < 1.29 is 9.16 Å². The molecule has 0 fully saturated rings. The Bertz CT molecular complexity index is 512. The van der Waals surface area contributed by atoms with Gasteiger partial charge in [-0.25, -0.2) is 0 Å². The Morgan fingerprint density at radius 3 is 2.04 bits per heavy atom. The lowest BCUT2D eigenvalue weighted by Gasteiger charge is -2.47. The predicted molar refractivity (Wildman–Crippen MR) is 101 cm³/mol. The molecular formula is C20H34O2Si. The molecule has 3 heteroatoms. The van der Waals surface area contributed by atoms with Crippen LogP contribution in [0, 0.1) is 0 Å². The zero-order chi connectivity index (χ0) is 17.4. The van der Waals surface area contributed by atoms with Crippen LogP contribution in [0.5, 0.6) is 5.75 Å². The van der Waals surface area contributed by atoms with Gasteiger partial charge in [0.2, 0.25) is 8.32 Å². The number of hydrogen-bond acceptors (Lipinski definition) is 2. The summed E-state index contributed by atoms with van der Waals surface area (Å²) in [5.74, 6) is 0.993. The van der Waals surface area contributed by atoms with Gasteiger partial charge in [0.05, 0.1) is 6.10 Å². The number of ether oxygens (including phenoxy) is 1. The Labute approximate surface area is 143 Å². The monoisotopic (exact) mass is 334 g/mol. The SMILES string of the molecule is CC(C)[Si](OC1CC(C)(C)Oc2ccccc21)(C(C)C)C(C)C. The number of benzene rings is 1. The van der Waals surface area contributed by atoms with Gasteiger partial charge >= 0.3 is 0 Å². The summed E-state index contributed by atoms with van der Waals surface area (Å²) in [5.41, 5.74) is 2.84. The first-order chi connectivity index (χ1) is 10.6. The van der Waals surface area contributed by atoms with Crippen molar-refractivity contribution in [3.8, 4) is 5.75 Å². The fourth-order valence-electron chi connectivity index (χ4n) is 4.50. The van der Waals surface area contributed by atoms with E-state index in [1.165, 1.54) is 5.56 Å². The summed E-state index contributed by atoms with van der Waals surface area (Å²) in [5, 5.41) is 0. The van der Waals surface area contributed by atoms with E-state index in [0.717, 1.165) is 12.2 Å².